The highest BCUT2D eigenvalue weighted by molar-refractivity contribution is 5.59. The predicted molar refractivity (Wildman–Crippen MR) is 71.5 cm³/mol. The van der Waals surface area contributed by atoms with Gasteiger partial charge in [-0.2, -0.15) is 8.78 Å². The summed E-state index contributed by atoms with van der Waals surface area (Å²) in [6.07, 6.45) is 1.83. The SMILES string of the molecule is COCCNCC(C)=Cc1ccccc1OC(F)F. The molecule has 5 heteroatoms. The standard InChI is InChI=1S/C14H19F2NO2/c1-11(10-17-7-8-18-2)9-12-5-3-4-6-13(12)19-14(15)16/h3-6,9,14,17H,7-8,10H2,1-2H3. The minimum Gasteiger partial charge on any atom is -0.434 e. The van der Waals surface area contributed by atoms with Gasteiger partial charge in [-0.1, -0.05) is 29.8 Å². The van der Waals surface area contributed by atoms with Gasteiger partial charge in [0.05, 0.1) is 6.61 Å². The lowest BCUT2D eigenvalue weighted by molar-refractivity contribution is -0.0499. The Morgan fingerprint density at radius 1 is 1.37 bits per heavy atom. The number of methoxy groups -OCH3 is 1. The number of rotatable bonds is 8. The number of benzene rings is 1. The molecule has 0 aliphatic carbocycles. The van der Waals surface area contributed by atoms with Gasteiger partial charge in [0.25, 0.3) is 0 Å². The van der Waals surface area contributed by atoms with Crippen molar-refractivity contribution in [3.8, 4) is 5.75 Å². The first-order valence-electron chi connectivity index (χ1n) is 6.04. The lowest BCUT2D eigenvalue weighted by Gasteiger charge is -2.09. The number of alkyl halides is 2. The van der Waals surface area contributed by atoms with Gasteiger partial charge < -0.3 is 14.8 Å². The Morgan fingerprint density at radius 3 is 2.79 bits per heavy atom. The second-order valence-electron chi connectivity index (χ2n) is 4.08. The van der Waals surface area contributed by atoms with E-state index in [1.165, 1.54) is 6.07 Å². The van der Waals surface area contributed by atoms with Gasteiger partial charge in [-0.25, -0.2) is 0 Å². The van der Waals surface area contributed by atoms with Crippen LogP contribution in [0.2, 0.25) is 0 Å². The number of hydrogen-bond acceptors (Lipinski definition) is 3. The molecule has 0 aliphatic rings. The quantitative estimate of drug-likeness (QED) is 0.737. The van der Waals surface area contributed by atoms with Crippen LogP contribution in [-0.4, -0.2) is 33.4 Å². The van der Waals surface area contributed by atoms with Crippen LogP contribution < -0.4 is 10.1 Å². The van der Waals surface area contributed by atoms with E-state index in [2.05, 4.69) is 10.1 Å². The van der Waals surface area contributed by atoms with Gasteiger partial charge in [-0.15, -0.1) is 0 Å². The molecule has 0 atom stereocenters. The number of hydrogen-bond donors (Lipinski definition) is 1. The molecule has 0 aromatic heterocycles. The van der Waals surface area contributed by atoms with Crippen LogP contribution in [0.25, 0.3) is 6.08 Å². The molecule has 0 saturated heterocycles. The summed E-state index contributed by atoms with van der Waals surface area (Å²) in [5.41, 5.74) is 1.68. The Labute approximate surface area is 112 Å². The topological polar surface area (TPSA) is 30.5 Å². The minimum absolute atomic E-state index is 0.189. The number of nitrogens with one attached hydrogen (secondary N) is 1. The molecule has 1 aromatic carbocycles. The van der Waals surface area contributed by atoms with Crippen molar-refractivity contribution in [2.45, 2.75) is 13.5 Å². The van der Waals surface area contributed by atoms with Crippen molar-refractivity contribution >= 4 is 6.08 Å². The first-order chi connectivity index (χ1) is 9.13. The summed E-state index contributed by atoms with van der Waals surface area (Å²) in [6, 6.07) is 6.73. The number of ether oxygens (including phenoxy) is 2. The molecule has 1 N–H and O–H groups in total. The van der Waals surface area contributed by atoms with Crippen molar-refractivity contribution in [3.63, 3.8) is 0 Å². The zero-order chi connectivity index (χ0) is 14.1. The summed E-state index contributed by atoms with van der Waals surface area (Å²) in [5.74, 6) is 0.189. The maximum Gasteiger partial charge on any atom is 0.387 e. The van der Waals surface area contributed by atoms with E-state index >= 15 is 0 Å². The normalized spacial score (nSPS) is 11.9. The van der Waals surface area contributed by atoms with E-state index in [1.54, 1.807) is 25.3 Å². The van der Waals surface area contributed by atoms with E-state index in [1.807, 2.05) is 13.0 Å². The number of halogens is 2. The van der Waals surface area contributed by atoms with Crippen molar-refractivity contribution in [1.82, 2.24) is 5.32 Å². The molecule has 106 valence electrons. The predicted octanol–water partition coefficient (Wildman–Crippen LogP) is 2.93. The molecule has 3 nitrogen and oxygen atoms in total. The molecule has 0 fully saturated rings. The van der Waals surface area contributed by atoms with Crippen molar-refractivity contribution < 1.29 is 18.3 Å². The van der Waals surface area contributed by atoms with Crippen LogP contribution in [0.3, 0.4) is 0 Å². The van der Waals surface area contributed by atoms with Crippen LogP contribution in [0.1, 0.15) is 12.5 Å². The maximum atomic E-state index is 12.3. The van der Waals surface area contributed by atoms with Gasteiger partial charge in [0.15, 0.2) is 0 Å². The summed E-state index contributed by atoms with van der Waals surface area (Å²) in [5, 5.41) is 3.18. The zero-order valence-corrected chi connectivity index (χ0v) is 11.2. The lowest BCUT2D eigenvalue weighted by Crippen LogP contribution is -2.20. The van der Waals surface area contributed by atoms with E-state index in [-0.39, 0.29) is 5.75 Å². The summed E-state index contributed by atoms with van der Waals surface area (Å²) in [4.78, 5) is 0. The van der Waals surface area contributed by atoms with E-state index in [0.29, 0.717) is 18.7 Å². The third-order valence-electron chi connectivity index (χ3n) is 2.42. The van der Waals surface area contributed by atoms with Crippen molar-refractivity contribution in [3.05, 3.63) is 35.4 Å². The summed E-state index contributed by atoms with van der Waals surface area (Å²) < 4.78 is 33.9. The molecule has 19 heavy (non-hydrogen) atoms. The molecule has 0 bridgehead atoms. The molecule has 0 aliphatic heterocycles. The van der Waals surface area contributed by atoms with Gasteiger partial charge in [0.2, 0.25) is 0 Å². The molecule has 0 heterocycles. The fraction of sp³-hybridized carbons (Fsp3) is 0.429. The van der Waals surface area contributed by atoms with Gasteiger partial charge in [-0.3, -0.25) is 0 Å². The van der Waals surface area contributed by atoms with Gasteiger partial charge in [0, 0.05) is 25.8 Å². The van der Waals surface area contributed by atoms with E-state index < -0.39 is 6.61 Å². The zero-order valence-electron chi connectivity index (χ0n) is 11.2. The average Bonchev–Trinajstić information content (AvgIpc) is 2.36. The number of para-hydroxylation sites is 1. The third-order valence-corrected chi connectivity index (χ3v) is 2.42. The highest BCUT2D eigenvalue weighted by atomic mass is 19.3. The highest BCUT2D eigenvalue weighted by Gasteiger charge is 2.07. The molecular formula is C14H19F2NO2. The van der Waals surface area contributed by atoms with Gasteiger partial charge in [-0.05, 0) is 13.0 Å². The first-order valence-corrected chi connectivity index (χ1v) is 6.04. The van der Waals surface area contributed by atoms with E-state index in [9.17, 15) is 8.78 Å². The van der Waals surface area contributed by atoms with Gasteiger partial charge >= 0.3 is 6.61 Å². The molecule has 1 aromatic rings. The van der Waals surface area contributed by atoms with Crippen molar-refractivity contribution in [2.24, 2.45) is 0 Å². The van der Waals surface area contributed by atoms with Crippen molar-refractivity contribution in [1.29, 1.82) is 0 Å². The highest BCUT2D eigenvalue weighted by Crippen LogP contribution is 2.22. The monoisotopic (exact) mass is 271 g/mol. The van der Waals surface area contributed by atoms with Crippen LogP contribution in [-0.2, 0) is 4.74 Å². The summed E-state index contributed by atoms with van der Waals surface area (Å²) in [7, 11) is 1.64. The smallest absolute Gasteiger partial charge is 0.387 e. The Morgan fingerprint density at radius 2 is 2.11 bits per heavy atom. The molecule has 0 radical (unpaired) electrons. The summed E-state index contributed by atoms with van der Waals surface area (Å²) >= 11 is 0. The molecule has 1 rings (SSSR count). The van der Waals surface area contributed by atoms with Gasteiger partial charge in [0.1, 0.15) is 5.75 Å². The third kappa shape index (κ3) is 6.31. The largest absolute Gasteiger partial charge is 0.434 e. The van der Waals surface area contributed by atoms with Crippen LogP contribution in [0.15, 0.2) is 29.8 Å². The Hall–Kier alpha value is -1.46. The second-order valence-corrected chi connectivity index (χ2v) is 4.08. The molecular weight excluding hydrogens is 252 g/mol. The van der Waals surface area contributed by atoms with Crippen molar-refractivity contribution in [2.75, 3.05) is 26.8 Å². The molecule has 0 unspecified atom stereocenters. The molecule has 0 saturated carbocycles. The van der Waals surface area contributed by atoms with Crippen LogP contribution in [0.4, 0.5) is 8.78 Å². The minimum atomic E-state index is -2.81. The van der Waals surface area contributed by atoms with E-state index in [4.69, 9.17) is 4.74 Å². The first kappa shape index (κ1) is 15.6. The fourth-order valence-corrected chi connectivity index (χ4v) is 1.58. The van der Waals surface area contributed by atoms with Crippen LogP contribution >= 0.6 is 0 Å². The van der Waals surface area contributed by atoms with E-state index in [0.717, 1.165) is 12.1 Å². The van der Waals surface area contributed by atoms with Crippen LogP contribution in [0, 0.1) is 0 Å². The Bertz CT molecular complexity index is 408. The Kier molecular flexibility index (Phi) is 7.07. The lowest BCUT2D eigenvalue weighted by atomic mass is 10.1. The average molecular weight is 271 g/mol. The molecule has 0 spiro atoms. The van der Waals surface area contributed by atoms with Crippen LogP contribution in [0.5, 0.6) is 5.75 Å². The molecule has 0 amide bonds. The summed E-state index contributed by atoms with van der Waals surface area (Å²) in [6.45, 7) is 1.18. The Balaban J connectivity index is 2.63. The fourth-order valence-electron chi connectivity index (χ4n) is 1.58. The second kappa shape index (κ2) is 8.61. The maximum absolute atomic E-state index is 12.3.